The van der Waals surface area contributed by atoms with Gasteiger partial charge in [0, 0.05) is 18.8 Å². The number of rotatable bonds is 2. The van der Waals surface area contributed by atoms with Crippen molar-refractivity contribution in [1.29, 1.82) is 0 Å². The Morgan fingerprint density at radius 2 is 2.47 bits per heavy atom. The topological polar surface area (TPSA) is 42.4 Å². The molecule has 0 amide bonds. The van der Waals surface area contributed by atoms with Crippen molar-refractivity contribution in [3.05, 3.63) is 36.2 Å². The Balaban J connectivity index is 1.93. The van der Waals surface area contributed by atoms with E-state index in [9.17, 15) is 5.11 Å². The Hall–Kier alpha value is -1.19. The van der Waals surface area contributed by atoms with Crippen LogP contribution in [0.15, 0.2) is 30.6 Å². The molecule has 0 bridgehead atoms. The van der Waals surface area contributed by atoms with E-state index in [1.807, 2.05) is 18.3 Å². The quantitative estimate of drug-likeness (QED) is 0.801. The first-order valence-corrected chi connectivity index (χ1v) is 5.22. The van der Waals surface area contributed by atoms with Gasteiger partial charge in [0.15, 0.2) is 6.29 Å². The van der Waals surface area contributed by atoms with Gasteiger partial charge in [-0.25, -0.2) is 0 Å². The number of aliphatic hydroxyl groups is 1. The summed E-state index contributed by atoms with van der Waals surface area (Å²) in [6, 6.07) is 3.93. The fraction of sp³-hybridized carbons (Fsp3) is 0.417. The molecule has 80 valence electrons. The summed E-state index contributed by atoms with van der Waals surface area (Å²) in [5, 5.41) is 9.31. The summed E-state index contributed by atoms with van der Waals surface area (Å²) in [6.45, 7) is 0.642. The summed E-state index contributed by atoms with van der Waals surface area (Å²) in [5.74, 6) is 0.411. The van der Waals surface area contributed by atoms with Crippen LogP contribution in [0.4, 0.5) is 0 Å². The number of pyridine rings is 1. The van der Waals surface area contributed by atoms with Crippen molar-refractivity contribution in [2.75, 3.05) is 6.61 Å². The smallest absolute Gasteiger partial charge is 0.155 e. The molecule has 0 aliphatic carbocycles. The van der Waals surface area contributed by atoms with Crippen LogP contribution in [0.2, 0.25) is 0 Å². The van der Waals surface area contributed by atoms with Crippen LogP contribution in [0.5, 0.6) is 0 Å². The van der Waals surface area contributed by atoms with Gasteiger partial charge in [0.25, 0.3) is 0 Å². The Morgan fingerprint density at radius 1 is 1.53 bits per heavy atom. The number of hydrogen-bond acceptors (Lipinski definition) is 3. The van der Waals surface area contributed by atoms with Crippen molar-refractivity contribution in [2.45, 2.75) is 19.1 Å². The van der Waals surface area contributed by atoms with Gasteiger partial charge in [-0.05, 0) is 24.0 Å². The van der Waals surface area contributed by atoms with E-state index in [2.05, 4.69) is 17.1 Å². The van der Waals surface area contributed by atoms with Crippen LogP contribution in [-0.2, 0) is 4.74 Å². The molecule has 0 spiro atoms. The second-order valence-electron chi connectivity index (χ2n) is 3.76. The Kier molecular flexibility index (Phi) is 3.48. The molecule has 2 rings (SSSR count). The fourth-order valence-electron chi connectivity index (χ4n) is 1.70. The summed E-state index contributed by atoms with van der Waals surface area (Å²) in [6.07, 6.45) is 8.84. The van der Waals surface area contributed by atoms with Gasteiger partial charge in [0.1, 0.15) is 0 Å². The molecule has 0 aromatic carbocycles. The third-order valence-electron chi connectivity index (χ3n) is 2.55. The average Bonchev–Trinajstić information content (AvgIpc) is 2.28. The molecule has 0 saturated carbocycles. The molecule has 2 unspecified atom stereocenters. The SMILES string of the molecule is OC1CC(/C=C/c2cccnc2)CCO1. The number of aliphatic hydroxyl groups excluding tert-OH is 1. The fourth-order valence-corrected chi connectivity index (χ4v) is 1.70. The van der Waals surface area contributed by atoms with Crippen molar-refractivity contribution in [3.8, 4) is 0 Å². The molecule has 1 aliphatic rings. The normalized spacial score (nSPS) is 27.0. The van der Waals surface area contributed by atoms with E-state index in [-0.39, 0.29) is 0 Å². The molecule has 0 radical (unpaired) electrons. The minimum absolute atomic E-state index is 0.411. The summed E-state index contributed by atoms with van der Waals surface area (Å²) in [7, 11) is 0. The number of hydrogen-bond donors (Lipinski definition) is 1. The monoisotopic (exact) mass is 205 g/mol. The molecule has 15 heavy (non-hydrogen) atoms. The highest BCUT2D eigenvalue weighted by Crippen LogP contribution is 2.20. The number of allylic oxidation sites excluding steroid dienone is 1. The molecule has 1 N–H and O–H groups in total. The third-order valence-corrected chi connectivity index (χ3v) is 2.55. The maximum atomic E-state index is 9.31. The van der Waals surface area contributed by atoms with E-state index in [0.29, 0.717) is 18.9 Å². The molecule has 1 fully saturated rings. The third kappa shape index (κ3) is 3.15. The molecule has 3 nitrogen and oxygen atoms in total. The lowest BCUT2D eigenvalue weighted by Gasteiger charge is -2.23. The molecule has 3 heteroatoms. The van der Waals surface area contributed by atoms with Crippen LogP contribution < -0.4 is 0 Å². The van der Waals surface area contributed by atoms with E-state index in [1.165, 1.54) is 0 Å². The average molecular weight is 205 g/mol. The second-order valence-corrected chi connectivity index (χ2v) is 3.76. The van der Waals surface area contributed by atoms with Crippen molar-refractivity contribution < 1.29 is 9.84 Å². The Bertz CT molecular complexity index is 324. The van der Waals surface area contributed by atoms with Crippen molar-refractivity contribution >= 4 is 6.08 Å². The van der Waals surface area contributed by atoms with Crippen LogP contribution in [-0.4, -0.2) is 23.0 Å². The summed E-state index contributed by atoms with van der Waals surface area (Å²) in [4.78, 5) is 4.04. The van der Waals surface area contributed by atoms with Crippen LogP contribution in [0.1, 0.15) is 18.4 Å². The predicted molar refractivity (Wildman–Crippen MR) is 58.0 cm³/mol. The molecular formula is C12H15NO2. The zero-order chi connectivity index (χ0) is 10.5. The summed E-state index contributed by atoms with van der Waals surface area (Å²) in [5.41, 5.74) is 1.10. The van der Waals surface area contributed by atoms with Crippen molar-refractivity contribution in [2.24, 2.45) is 5.92 Å². The molecule has 2 atom stereocenters. The van der Waals surface area contributed by atoms with Crippen molar-refractivity contribution in [3.63, 3.8) is 0 Å². The van der Waals surface area contributed by atoms with E-state index in [4.69, 9.17) is 4.74 Å². The molecular weight excluding hydrogens is 190 g/mol. The van der Waals surface area contributed by atoms with E-state index in [0.717, 1.165) is 12.0 Å². The molecule has 1 aliphatic heterocycles. The Labute approximate surface area is 89.4 Å². The van der Waals surface area contributed by atoms with Gasteiger partial charge in [-0.15, -0.1) is 0 Å². The van der Waals surface area contributed by atoms with E-state index < -0.39 is 6.29 Å². The first-order chi connectivity index (χ1) is 7.34. The highest BCUT2D eigenvalue weighted by Gasteiger charge is 2.17. The highest BCUT2D eigenvalue weighted by atomic mass is 16.6. The van der Waals surface area contributed by atoms with Crippen LogP contribution in [0.3, 0.4) is 0 Å². The van der Waals surface area contributed by atoms with Gasteiger partial charge in [-0.3, -0.25) is 4.98 Å². The van der Waals surface area contributed by atoms with Gasteiger partial charge < -0.3 is 9.84 Å². The van der Waals surface area contributed by atoms with Gasteiger partial charge in [-0.2, -0.15) is 0 Å². The Morgan fingerprint density at radius 3 is 3.20 bits per heavy atom. The van der Waals surface area contributed by atoms with Crippen LogP contribution in [0, 0.1) is 5.92 Å². The van der Waals surface area contributed by atoms with Gasteiger partial charge in [-0.1, -0.05) is 18.2 Å². The number of ether oxygens (including phenoxy) is 1. The highest BCUT2D eigenvalue weighted by molar-refractivity contribution is 5.47. The first-order valence-electron chi connectivity index (χ1n) is 5.22. The molecule has 1 aromatic rings. The maximum absolute atomic E-state index is 9.31. The number of nitrogens with zero attached hydrogens (tertiary/aromatic N) is 1. The van der Waals surface area contributed by atoms with Gasteiger partial charge in [0.05, 0.1) is 6.61 Å². The largest absolute Gasteiger partial charge is 0.368 e. The number of aromatic nitrogens is 1. The van der Waals surface area contributed by atoms with Crippen LogP contribution >= 0.6 is 0 Å². The molecule has 1 saturated heterocycles. The molecule has 2 heterocycles. The predicted octanol–water partition coefficient (Wildman–Crippen LogP) is 1.84. The lowest BCUT2D eigenvalue weighted by molar-refractivity contribution is -0.132. The maximum Gasteiger partial charge on any atom is 0.155 e. The van der Waals surface area contributed by atoms with Crippen LogP contribution in [0.25, 0.3) is 6.08 Å². The minimum atomic E-state index is -0.595. The molecule has 1 aromatic heterocycles. The summed E-state index contributed by atoms with van der Waals surface area (Å²) < 4.78 is 5.07. The zero-order valence-electron chi connectivity index (χ0n) is 8.54. The standard InChI is InChI=1S/C12H15NO2/c14-12-8-10(5-7-15-12)3-4-11-2-1-6-13-9-11/h1-4,6,9-10,12,14H,5,7-8H2/b4-3+. The zero-order valence-corrected chi connectivity index (χ0v) is 8.54. The first kappa shape index (κ1) is 10.3. The van der Waals surface area contributed by atoms with E-state index >= 15 is 0 Å². The van der Waals surface area contributed by atoms with Gasteiger partial charge >= 0.3 is 0 Å². The van der Waals surface area contributed by atoms with Gasteiger partial charge in [0.2, 0.25) is 0 Å². The minimum Gasteiger partial charge on any atom is -0.368 e. The second kappa shape index (κ2) is 5.05. The van der Waals surface area contributed by atoms with E-state index in [1.54, 1.807) is 6.20 Å². The van der Waals surface area contributed by atoms with Crippen molar-refractivity contribution in [1.82, 2.24) is 4.98 Å². The summed E-state index contributed by atoms with van der Waals surface area (Å²) >= 11 is 0. The lowest BCUT2D eigenvalue weighted by Crippen LogP contribution is -2.23. The lowest BCUT2D eigenvalue weighted by atomic mass is 9.98.